The van der Waals surface area contributed by atoms with E-state index in [1.165, 1.54) is 51.7 Å². The van der Waals surface area contributed by atoms with Gasteiger partial charge in [-0.25, -0.2) is 0 Å². The zero-order valence-electron chi connectivity index (χ0n) is 14.1. The van der Waals surface area contributed by atoms with Crippen LogP contribution in [0.25, 0.3) is 0 Å². The Balaban J connectivity index is 1.62. The molecule has 0 amide bonds. The van der Waals surface area contributed by atoms with Crippen molar-refractivity contribution in [3.8, 4) is 0 Å². The van der Waals surface area contributed by atoms with E-state index >= 15 is 0 Å². The molecule has 20 heavy (non-hydrogen) atoms. The first-order valence-electron chi connectivity index (χ1n) is 8.74. The number of likely N-dealkylation sites (N-methyl/N-ethyl adjacent to an activating group) is 1. The van der Waals surface area contributed by atoms with Crippen LogP contribution in [0.2, 0.25) is 0 Å². The highest BCUT2D eigenvalue weighted by Crippen LogP contribution is 2.28. The number of fused-ring (bicyclic) bond motifs is 2. The molecule has 2 rings (SSSR count). The maximum atomic E-state index is 3.71. The second-order valence-electron chi connectivity index (χ2n) is 7.47. The van der Waals surface area contributed by atoms with E-state index in [0.29, 0.717) is 6.04 Å². The molecule has 0 spiro atoms. The molecule has 0 saturated carbocycles. The summed E-state index contributed by atoms with van der Waals surface area (Å²) in [5, 5.41) is 3.71. The molecule has 118 valence electrons. The van der Waals surface area contributed by atoms with Gasteiger partial charge in [0.1, 0.15) is 0 Å². The maximum Gasteiger partial charge on any atom is 0.0223 e. The molecular formula is C17H35N3. The van der Waals surface area contributed by atoms with E-state index in [1.807, 2.05) is 0 Å². The number of nitrogens with one attached hydrogen (secondary N) is 1. The van der Waals surface area contributed by atoms with Gasteiger partial charge in [0.25, 0.3) is 0 Å². The van der Waals surface area contributed by atoms with E-state index in [4.69, 9.17) is 0 Å². The first-order valence-corrected chi connectivity index (χ1v) is 8.74. The number of likely N-dealkylation sites (tertiary alicyclic amines) is 1. The van der Waals surface area contributed by atoms with Gasteiger partial charge in [-0.05, 0) is 58.5 Å². The first-order chi connectivity index (χ1) is 9.56. The smallest absolute Gasteiger partial charge is 0.0223 e. The predicted octanol–water partition coefficient (Wildman–Crippen LogP) is 2.57. The van der Waals surface area contributed by atoms with Gasteiger partial charge in [0.15, 0.2) is 0 Å². The summed E-state index contributed by atoms with van der Waals surface area (Å²) in [7, 11) is 2.33. The molecule has 2 bridgehead atoms. The number of hydrogen-bond acceptors (Lipinski definition) is 3. The third-order valence-electron chi connectivity index (χ3n) is 5.33. The summed E-state index contributed by atoms with van der Waals surface area (Å²) in [6.07, 6.45) is 6.86. The summed E-state index contributed by atoms with van der Waals surface area (Å²) in [6.45, 7) is 11.9. The van der Waals surface area contributed by atoms with Crippen LogP contribution in [0.1, 0.15) is 52.9 Å². The zero-order chi connectivity index (χ0) is 14.5. The average Bonchev–Trinajstić information content (AvgIpc) is 2.64. The second kappa shape index (κ2) is 7.77. The first kappa shape index (κ1) is 16.3. The lowest BCUT2D eigenvalue weighted by atomic mass is 10.0. The van der Waals surface area contributed by atoms with Crippen molar-refractivity contribution in [3.63, 3.8) is 0 Å². The van der Waals surface area contributed by atoms with Crippen molar-refractivity contribution in [3.05, 3.63) is 0 Å². The largest absolute Gasteiger partial charge is 0.313 e. The summed E-state index contributed by atoms with van der Waals surface area (Å²) in [4.78, 5) is 5.32. The van der Waals surface area contributed by atoms with E-state index in [1.54, 1.807) is 0 Å². The van der Waals surface area contributed by atoms with Crippen molar-refractivity contribution in [1.82, 2.24) is 15.1 Å². The highest BCUT2D eigenvalue weighted by Gasteiger charge is 2.34. The predicted molar refractivity (Wildman–Crippen MR) is 87.2 cm³/mol. The van der Waals surface area contributed by atoms with Gasteiger partial charge in [0, 0.05) is 37.8 Å². The molecule has 2 fully saturated rings. The topological polar surface area (TPSA) is 18.5 Å². The van der Waals surface area contributed by atoms with Crippen molar-refractivity contribution in [1.29, 1.82) is 0 Å². The van der Waals surface area contributed by atoms with Gasteiger partial charge in [0.2, 0.25) is 0 Å². The Hall–Kier alpha value is -0.120. The standard InChI is InChI=1S/C17H35N3/c1-14(2)5-6-15(3)18-10-12-20-11-9-16-7-8-17(13-20)19(16)4/h14-18H,5-13H2,1-4H3. The Kier molecular flexibility index (Phi) is 6.31. The zero-order valence-corrected chi connectivity index (χ0v) is 14.1. The number of rotatable bonds is 7. The molecule has 2 aliphatic rings. The molecule has 0 radical (unpaired) electrons. The molecular weight excluding hydrogens is 246 g/mol. The molecule has 0 aromatic rings. The van der Waals surface area contributed by atoms with Gasteiger partial charge in [-0.15, -0.1) is 0 Å². The van der Waals surface area contributed by atoms with Crippen LogP contribution in [0.5, 0.6) is 0 Å². The molecule has 3 heteroatoms. The highest BCUT2D eigenvalue weighted by molar-refractivity contribution is 4.91. The average molecular weight is 281 g/mol. The van der Waals surface area contributed by atoms with Crippen molar-refractivity contribution < 1.29 is 0 Å². The third-order valence-corrected chi connectivity index (χ3v) is 5.33. The van der Waals surface area contributed by atoms with E-state index in [2.05, 4.69) is 42.9 Å². The monoisotopic (exact) mass is 281 g/mol. The molecule has 3 unspecified atom stereocenters. The van der Waals surface area contributed by atoms with Crippen LogP contribution in [-0.4, -0.2) is 61.2 Å². The van der Waals surface area contributed by atoms with Crippen molar-refractivity contribution in [2.75, 3.05) is 33.2 Å². The fraction of sp³-hybridized carbons (Fsp3) is 1.00. The lowest BCUT2D eigenvalue weighted by molar-refractivity contribution is 0.217. The van der Waals surface area contributed by atoms with Gasteiger partial charge < -0.3 is 10.2 Å². The van der Waals surface area contributed by atoms with Crippen LogP contribution >= 0.6 is 0 Å². The summed E-state index contributed by atoms with van der Waals surface area (Å²) in [5.74, 6) is 0.830. The molecule has 0 aliphatic carbocycles. The van der Waals surface area contributed by atoms with E-state index in [-0.39, 0.29) is 0 Å². The SMILES string of the molecule is CC(C)CCC(C)NCCN1CCC2CCC(C1)N2C. The molecule has 2 heterocycles. The minimum atomic E-state index is 0.670. The molecule has 0 aromatic heterocycles. The molecule has 3 atom stereocenters. The van der Waals surface area contributed by atoms with Crippen LogP contribution in [0.4, 0.5) is 0 Å². The summed E-state index contributed by atoms with van der Waals surface area (Å²) < 4.78 is 0. The van der Waals surface area contributed by atoms with E-state index in [9.17, 15) is 0 Å². The lowest BCUT2D eigenvalue weighted by Gasteiger charge is -2.26. The minimum absolute atomic E-state index is 0.670. The van der Waals surface area contributed by atoms with Crippen molar-refractivity contribution in [2.45, 2.75) is 71.0 Å². The van der Waals surface area contributed by atoms with Gasteiger partial charge in [-0.1, -0.05) is 13.8 Å². The Bertz CT molecular complexity index is 279. The van der Waals surface area contributed by atoms with Gasteiger partial charge in [-0.3, -0.25) is 4.90 Å². The summed E-state index contributed by atoms with van der Waals surface area (Å²) in [5.41, 5.74) is 0. The molecule has 1 N–H and O–H groups in total. The maximum absolute atomic E-state index is 3.71. The van der Waals surface area contributed by atoms with E-state index < -0.39 is 0 Å². The van der Waals surface area contributed by atoms with Gasteiger partial charge >= 0.3 is 0 Å². The Labute approximate surface area is 126 Å². The van der Waals surface area contributed by atoms with Crippen LogP contribution in [0.3, 0.4) is 0 Å². The van der Waals surface area contributed by atoms with E-state index in [0.717, 1.165) is 24.5 Å². The van der Waals surface area contributed by atoms with Crippen LogP contribution in [-0.2, 0) is 0 Å². The number of hydrogen-bond donors (Lipinski definition) is 1. The Morgan fingerprint density at radius 2 is 1.80 bits per heavy atom. The van der Waals surface area contributed by atoms with Crippen molar-refractivity contribution in [2.24, 2.45) is 5.92 Å². The fourth-order valence-electron chi connectivity index (χ4n) is 3.74. The molecule has 0 aromatic carbocycles. The van der Waals surface area contributed by atoms with Crippen molar-refractivity contribution >= 4 is 0 Å². The molecule has 2 aliphatic heterocycles. The second-order valence-corrected chi connectivity index (χ2v) is 7.47. The fourth-order valence-corrected chi connectivity index (χ4v) is 3.74. The Morgan fingerprint density at radius 1 is 1.05 bits per heavy atom. The molecule has 2 saturated heterocycles. The van der Waals surface area contributed by atoms with Crippen LogP contribution in [0.15, 0.2) is 0 Å². The Morgan fingerprint density at radius 3 is 2.55 bits per heavy atom. The highest BCUT2D eigenvalue weighted by atomic mass is 15.3. The lowest BCUT2D eigenvalue weighted by Crippen LogP contribution is -2.40. The normalized spacial score (nSPS) is 29.9. The number of nitrogens with zero attached hydrogens (tertiary/aromatic N) is 2. The third kappa shape index (κ3) is 4.71. The summed E-state index contributed by atoms with van der Waals surface area (Å²) >= 11 is 0. The van der Waals surface area contributed by atoms with Crippen LogP contribution in [0, 0.1) is 5.92 Å². The quantitative estimate of drug-likeness (QED) is 0.774. The van der Waals surface area contributed by atoms with Crippen LogP contribution < -0.4 is 5.32 Å². The molecule has 3 nitrogen and oxygen atoms in total. The summed E-state index contributed by atoms with van der Waals surface area (Å²) in [6, 6.07) is 2.35. The van der Waals surface area contributed by atoms with Gasteiger partial charge in [0.05, 0.1) is 0 Å². The minimum Gasteiger partial charge on any atom is -0.313 e. The van der Waals surface area contributed by atoms with Gasteiger partial charge in [-0.2, -0.15) is 0 Å².